The van der Waals surface area contributed by atoms with Crippen LogP contribution in [-0.2, 0) is 6.54 Å². The molecule has 156 valence electrons. The van der Waals surface area contributed by atoms with Gasteiger partial charge >= 0.3 is 0 Å². The molecule has 3 amide bonds. The molecule has 1 heterocycles. The number of nitrogens with zero attached hydrogens (tertiary/aromatic N) is 1. The van der Waals surface area contributed by atoms with E-state index in [2.05, 4.69) is 21.2 Å². The highest BCUT2D eigenvalue weighted by molar-refractivity contribution is 9.10. The summed E-state index contributed by atoms with van der Waals surface area (Å²) >= 11 is 9.52. The van der Waals surface area contributed by atoms with Gasteiger partial charge in [0.05, 0.1) is 41.1 Å². The Hall–Kier alpha value is -3.16. The third-order valence-corrected chi connectivity index (χ3v) is 5.71. The number of benzene rings is 3. The number of rotatable bonds is 5. The van der Waals surface area contributed by atoms with Gasteiger partial charge in [0.15, 0.2) is 0 Å². The van der Waals surface area contributed by atoms with Crippen LogP contribution >= 0.6 is 27.5 Å². The van der Waals surface area contributed by atoms with Crippen LogP contribution in [0, 0.1) is 0 Å². The van der Waals surface area contributed by atoms with Crippen molar-refractivity contribution in [3.8, 4) is 5.75 Å². The second-order valence-electron chi connectivity index (χ2n) is 6.85. The highest BCUT2D eigenvalue weighted by atomic mass is 79.9. The predicted octanol–water partition coefficient (Wildman–Crippen LogP) is 5.16. The summed E-state index contributed by atoms with van der Waals surface area (Å²) < 4.78 is 6.11. The molecule has 0 saturated heterocycles. The molecule has 0 aromatic heterocycles. The smallest absolute Gasteiger partial charge is 0.261 e. The van der Waals surface area contributed by atoms with E-state index in [-0.39, 0.29) is 23.9 Å². The number of halogens is 2. The van der Waals surface area contributed by atoms with E-state index in [4.69, 9.17) is 16.3 Å². The summed E-state index contributed by atoms with van der Waals surface area (Å²) in [5.74, 6) is -0.782. The van der Waals surface area contributed by atoms with Crippen molar-refractivity contribution in [2.24, 2.45) is 0 Å². The molecule has 0 radical (unpaired) electrons. The van der Waals surface area contributed by atoms with Gasteiger partial charge in [0.2, 0.25) is 0 Å². The quantitative estimate of drug-likeness (QED) is 0.492. The fraction of sp³-hybridized carbons (Fsp3) is 0.0870. The minimum atomic E-state index is -0.426. The van der Waals surface area contributed by atoms with E-state index >= 15 is 0 Å². The summed E-state index contributed by atoms with van der Waals surface area (Å²) in [6.45, 7) is 0.0374. The number of hydrogen-bond donors (Lipinski definition) is 1. The van der Waals surface area contributed by atoms with Crippen molar-refractivity contribution in [1.82, 2.24) is 4.90 Å². The molecule has 0 fully saturated rings. The third kappa shape index (κ3) is 4.06. The van der Waals surface area contributed by atoms with Crippen molar-refractivity contribution in [3.05, 3.63) is 92.4 Å². The van der Waals surface area contributed by atoms with Gasteiger partial charge in [0.25, 0.3) is 17.7 Å². The minimum Gasteiger partial charge on any atom is -0.496 e. The Bertz CT molecular complexity index is 1190. The van der Waals surface area contributed by atoms with Gasteiger partial charge in [0, 0.05) is 4.47 Å². The second-order valence-corrected chi connectivity index (χ2v) is 8.18. The van der Waals surface area contributed by atoms with Crippen molar-refractivity contribution in [2.75, 3.05) is 12.4 Å². The first-order chi connectivity index (χ1) is 14.9. The zero-order chi connectivity index (χ0) is 22.1. The Labute approximate surface area is 191 Å². The average Bonchev–Trinajstić information content (AvgIpc) is 3.00. The highest BCUT2D eigenvalue weighted by Gasteiger charge is 2.35. The molecule has 8 heteroatoms. The molecule has 0 aliphatic carbocycles. The van der Waals surface area contributed by atoms with E-state index in [9.17, 15) is 14.4 Å². The summed E-state index contributed by atoms with van der Waals surface area (Å²) in [7, 11) is 1.46. The largest absolute Gasteiger partial charge is 0.496 e. The van der Waals surface area contributed by atoms with Crippen molar-refractivity contribution in [3.63, 3.8) is 0 Å². The van der Waals surface area contributed by atoms with E-state index < -0.39 is 5.91 Å². The molecule has 0 bridgehead atoms. The lowest BCUT2D eigenvalue weighted by molar-refractivity contribution is 0.0642. The molecule has 1 N–H and O–H groups in total. The van der Waals surface area contributed by atoms with E-state index in [1.54, 1.807) is 60.7 Å². The zero-order valence-corrected chi connectivity index (χ0v) is 18.7. The number of amides is 3. The van der Waals surface area contributed by atoms with Crippen LogP contribution in [0.2, 0.25) is 5.02 Å². The molecule has 3 aromatic carbocycles. The Morgan fingerprint density at radius 2 is 1.71 bits per heavy atom. The van der Waals surface area contributed by atoms with Crippen LogP contribution in [0.5, 0.6) is 5.75 Å². The van der Waals surface area contributed by atoms with E-state index in [0.29, 0.717) is 33.1 Å². The number of carbonyl (C=O) groups excluding carboxylic acids is 3. The van der Waals surface area contributed by atoms with Crippen LogP contribution in [0.1, 0.15) is 36.6 Å². The molecule has 1 aliphatic heterocycles. The van der Waals surface area contributed by atoms with Crippen molar-refractivity contribution < 1.29 is 19.1 Å². The molecular formula is C23H16BrClN2O4. The van der Waals surface area contributed by atoms with Gasteiger partial charge in [-0.2, -0.15) is 0 Å². The fourth-order valence-electron chi connectivity index (χ4n) is 3.38. The summed E-state index contributed by atoms with van der Waals surface area (Å²) in [5.41, 5.74) is 2.08. The average molecular weight is 500 g/mol. The van der Waals surface area contributed by atoms with Gasteiger partial charge in [-0.25, -0.2) is 0 Å². The summed E-state index contributed by atoms with van der Waals surface area (Å²) in [5, 5.41) is 3.14. The van der Waals surface area contributed by atoms with E-state index in [1.807, 2.05) is 0 Å². The minimum absolute atomic E-state index is 0.0374. The van der Waals surface area contributed by atoms with Gasteiger partial charge in [0.1, 0.15) is 5.75 Å². The van der Waals surface area contributed by atoms with Crippen LogP contribution in [0.25, 0.3) is 0 Å². The first-order valence-corrected chi connectivity index (χ1v) is 10.4. The maximum absolute atomic E-state index is 12.9. The molecule has 0 saturated carbocycles. The summed E-state index contributed by atoms with van der Waals surface area (Å²) in [4.78, 5) is 39.4. The Morgan fingerprint density at radius 3 is 2.32 bits per heavy atom. The predicted molar refractivity (Wildman–Crippen MR) is 121 cm³/mol. The van der Waals surface area contributed by atoms with Crippen LogP contribution in [0.4, 0.5) is 5.69 Å². The lowest BCUT2D eigenvalue weighted by Gasteiger charge is -2.16. The monoisotopic (exact) mass is 498 g/mol. The molecule has 0 spiro atoms. The Morgan fingerprint density at radius 1 is 1.03 bits per heavy atom. The van der Waals surface area contributed by atoms with Crippen LogP contribution in [0.15, 0.2) is 65.1 Å². The number of ether oxygens (including phenoxy) is 1. The molecule has 3 aromatic rings. The van der Waals surface area contributed by atoms with E-state index in [0.717, 1.165) is 4.47 Å². The molecule has 0 unspecified atom stereocenters. The molecule has 0 atom stereocenters. The number of hydrogen-bond acceptors (Lipinski definition) is 4. The fourth-order valence-corrected chi connectivity index (χ4v) is 4.10. The standard InChI is InChI=1S/C23H16BrClN2O4/c1-31-20-9-6-13(12-27-22(29)15-4-2-3-5-16(15)23(27)30)10-17(20)21(28)26-19-8-7-14(24)11-18(19)25/h2-11H,12H2,1H3,(H,26,28). The number of nitrogens with one attached hydrogen (secondary N) is 1. The summed E-state index contributed by atoms with van der Waals surface area (Å²) in [6.07, 6.45) is 0. The van der Waals surface area contributed by atoms with Crippen molar-refractivity contribution >= 4 is 50.9 Å². The SMILES string of the molecule is COc1ccc(CN2C(=O)c3ccccc3C2=O)cc1C(=O)Nc1ccc(Br)cc1Cl. The Kier molecular flexibility index (Phi) is 5.80. The maximum Gasteiger partial charge on any atom is 0.261 e. The number of anilines is 1. The molecule has 31 heavy (non-hydrogen) atoms. The van der Waals surface area contributed by atoms with Crippen LogP contribution < -0.4 is 10.1 Å². The molecular weight excluding hydrogens is 484 g/mol. The normalized spacial score (nSPS) is 12.7. The van der Waals surface area contributed by atoms with Crippen LogP contribution in [0.3, 0.4) is 0 Å². The lowest BCUT2D eigenvalue weighted by atomic mass is 10.1. The summed E-state index contributed by atoms with van der Waals surface area (Å²) in [6, 6.07) is 16.8. The number of imide groups is 1. The van der Waals surface area contributed by atoms with Gasteiger partial charge in [-0.15, -0.1) is 0 Å². The van der Waals surface area contributed by atoms with Crippen LogP contribution in [-0.4, -0.2) is 29.7 Å². The lowest BCUT2D eigenvalue weighted by Crippen LogP contribution is -2.29. The molecule has 1 aliphatic rings. The first-order valence-electron chi connectivity index (χ1n) is 9.27. The molecule has 6 nitrogen and oxygen atoms in total. The topological polar surface area (TPSA) is 75.7 Å². The second kappa shape index (κ2) is 8.53. The van der Waals surface area contributed by atoms with Gasteiger partial charge < -0.3 is 10.1 Å². The highest BCUT2D eigenvalue weighted by Crippen LogP contribution is 2.29. The zero-order valence-electron chi connectivity index (χ0n) is 16.3. The first kappa shape index (κ1) is 21.1. The Balaban J connectivity index is 1.60. The number of fused-ring (bicyclic) bond motifs is 1. The number of methoxy groups -OCH3 is 1. The van der Waals surface area contributed by atoms with Gasteiger partial charge in [-0.05, 0) is 48.0 Å². The number of carbonyl (C=O) groups is 3. The molecule has 4 rings (SSSR count). The third-order valence-electron chi connectivity index (χ3n) is 4.91. The van der Waals surface area contributed by atoms with Crippen molar-refractivity contribution in [1.29, 1.82) is 0 Å². The van der Waals surface area contributed by atoms with Crippen molar-refractivity contribution in [2.45, 2.75) is 6.54 Å². The van der Waals surface area contributed by atoms with Gasteiger partial charge in [-0.3, -0.25) is 19.3 Å². The maximum atomic E-state index is 12.9. The van der Waals surface area contributed by atoms with E-state index in [1.165, 1.54) is 12.0 Å². The van der Waals surface area contributed by atoms with Gasteiger partial charge in [-0.1, -0.05) is 45.7 Å².